The van der Waals surface area contributed by atoms with Crippen LogP contribution in [-0.2, 0) is 0 Å². The molecule has 0 radical (unpaired) electrons. The van der Waals surface area contributed by atoms with E-state index in [1.807, 2.05) is 31.2 Å². The van der Waals surface area contributed by atoms with Gasteiger partial charge in [-0.15, -0.1) is 0 Å². The van der Waals surface area contributed by atoms with Crippen LogP contribution < -0.4 is 15.5 Å². The molecule has 0 bridgehead atoms. The number of ether oxygens (including phenoxy) is 1. The van der Waals surface area contributed by atoms with Gasteiger partial charge in [0.2, 0.25) is 5.43 Å². The van der Waals surface area contributed by atoms with Crippen molar-refractivity contribution in [3.05, 3.63) is 74.4 Å². The van der Waals surface area contributed by atoms with Gasteiger partial charge in [0.25, 0.3) is 0 Å². The van der Waals surface area contributed by atoms with E-state index in [0.29, 0.717) is 16.8 Å². The van der Waals surface area contributed by atoms with E-state index < -0.39 is 0 Å². The van der Waals surface area contributed by atoms with Crippen LogP contribution >= 0.6 is 15.9 Å². The van der Waals surface area contributed by atoms with E-state index in [4.69, 9.17) is 4.74 Å². The molecule has 0 amide bonds. The Labute approximate surface area is 149 Å². The number of allylic oxidation sites excluding steroid dienone is 1. The minimum Gasteiger partial charge on any atom is -0.494 e. The average molecular weight is 388 g/mol. The van der Waals surface area contributed by atoms with Crippen molar-refractivity contribution in [2.45, 2.75) is 6.92 Å². The summed E-state index contributed by atoms with van der Waals surface area (Å²) >= 11 is 3.32. The fraction of sp³-hybridized carbons (Fsp3) is 0.158. The highest BCUT2D eigenvalue weighted by atomic mass is 79.9. The number of nitrogens with one attached hydrogen (secondary N) is 1. The first-order valence-corrected chi connectivity index (χ1v) is 8.31. The first-order valence-electron chi connectivity index (χ1n) is 7.52. The zero-order valence-electron chi connectivity index (χ0n) is 13.5. The van der Waals surface area contributed by atoms with Crippen LogP contribution in [0.15, 0.2) is 57.8 Å². The van der Waals surface area contributed by atoms with E-state index in [2.05, 4.69) is 21.2 Å². The Hall–Kier alpha value is -2.40. The maximum Gasteiger partial charge on any atom is 0.212 e. The molecule has 4 nitrogen and oxygen atoms in total. The number of benzene rings is 1. The average Bonchev–Trinajstić information content (AvgIpc) is 2.73. The van der Waals surface area contributed by atoms with Crippen LogP contribution in [0.4, 0.5) is 5.69 Å². The zero-order valence-corrected chi connectivity index (χ0v) is 15.1. The molecule has 0 saturated carbocycles. The predicted molar refractivity (Wildman–Crippen MR) is 101 cm³/mol. The molecule has 1 N–H and O–H groups in total. The Morgan fingerprint density at radius 2 is 1.92 bits per heavy atom. The highest BCUT2D eigenvalue weighted by Crippen LogP contribution is 2.15. The van der Waals surface area contributed by atoms with Gasteiger partial charge in [-0.2, -0.15) is 0 Å². The number of anilines is 1. The summed E-state index contributed by atoms with van der Waals surface area (Å²) in [5.41, 5.74) is 1.01. The van der Waals surface area contributed by atoms with Crippen molar-refractivity contribution in [1.82, 2.24) is 0 Å². The molecule has 0 aliphatic rings. The van der Waals surface area contributed by atoms with Gasteiger partial charge < -0.3 is 10.1 Å². The number of hydrogen-bond donors (Lipinski definition) is 1. The first-order chi connectivity index (χ1) is 11.5. The van der Waals surface area contributed by atoms with Gasteiger partial charge in [-0.1, -0.05) is 34.1 Å². The van der Waals surface area contributed by atoms with Crippen LogP contribution in [0.25, 0.3) is 6.08 Å². The summed E-state index contributed by atoms with van der Waals surface area (Å²) in [5, 5.41) is 2.81. The quantitative estimate of drug-likeness (QED) is 0.597. The minimum absolute atomic E-state index is 0.110. The van der Waals surface area contributed by atoms with Crippen molar-refractivity contribution in [1.29, 1.82) is 0 Å². The number of halogens is 1. The van der Waals surface area contributed by atoms with E-state index in [0.717, 1.165) is 11.3 Å². The molecule has 0 atom stereocenters. The third-order valence-corrected chi connectivity index (χ3v) is 3.83. The molecule has 0 aromatic heterocycles. The molecule has 24 heavy (non-hydrogen) atoms. The smallest absolute Gasteiger partial charge is 0.212 e. The highest BCUT2D eigenvalue weighted by Gasteiger charge is 2.10. The predicted octanol–water partition coefficient (Wildman–Crippen LogP) is 4.15. The van der Waals surface area contributed by atoms with Gasteiger partial charge in [0.05, 0.1) is 17.9 Å². The second-order valence-electron chi connectivity index (χ2n) is 4.97. The molecule has 2 aromatic carbocycles. The number of ketones is 1. The van der Waals surface area contributed by atoms with Crippen LogP contribution in [-0.4, -0.2) is 19.4 Å². The number of rotatable bonds is 6. The lowest BCUT2D eigenvalue weighted by molar-refractivity contribution is 0.104. The summed E-state index contributed by atoms with van der Waals surface area (Å²) in [6.45, 7) is 2.53. The van der Waals surface area contributed by atoms with Gasteiger partial charge in [0, 0.05) is 11.5 Å². The van der Waals surface area contributed by atoms with E-state index >= 15 is 0 Å². The van der Waals surface area contributed by atoms with Crippen LogP contribution in [0, 0.1) is 0 Å². The molecule has 2 aromatic rings. The summed E-state index contributed by atoms with van der Waals surface area (Å²) in [6, 6.07) is 12.3. The Morgan fingerprint density at radius 1 is 1.21 bits per heavy atom. The number of carbonyl (C=O) groups is 1. The van der Waals surface area contributed by atoms with Crippen molar-refractivity contribution in [3.63, 3.8) is 0 Å². The largest absolute Gasteiger partial charge is 0.494 e. The lowest BCUT2D eigenvalue weighted by Crippen LogP contribution is -2.14. The van der Waals surface area contributed by atoms with Crippen molar-refractivity contribution in [2.75, 3.05) is 19.0 Å². The first kappa shape index (κ1) is 17.9. The Balaban J connectivity index is 2.28. The SMILES string of the molecule is CCOc1ccc(/C=C\C(=O)c2cc(Br)ccc(NC)c2=O)cc1. The molecule has 0 aliphatic carbocycles. The maximum absolute atomic E-state index is 12.4. The van der Waals surface area contributed by atoms with Gasteiger partial charge >= 0.3 is 0 Å². The van der Waals surface area contributed by atoms with E-state index in [9.17, 15) is 9.59 Å². The van der Waals surface area contributed by atoms with E-state index in [-0.39, 0.29) is 16.8 Å². The van der Waals surface area contributed by atoms with Gasteiger partial charge in [0.1, 0.15) is 5.75 Å². The monoisotopic (exact) mass is 387 g/mol. The summed E-state index contributed by atoms with van der Waals surface area (Å²) in [5.74, 6) is 0.433. The summed E-state index contributed by atoms with van der Waals surface area (Å²) in [7, 11) is 1.65. The molecule has 124 valence electrons. The van der Waals surface area contributed by atoms with Crippen molar-refractivity contribution < 1.29 is 9.53 Å². The van der Waals surface area contributed by atoms with E-state index in [1.54, 1.807) is 25.3 Å². The third kappa shape index (κ3) is 4.55. The van der Waals surface area contributed by atoms with Crippen LogP contribution in [0.3, 0.4) is 0 Å². The standard InChI is InChI=1S/C19H18BrNO3/c1-3-24-15-8-4-13(5-9-15)6-11-18(22)16-12-14(20)7-10-17(21-2)19(16)23/h4-12H,3H2,1-2H3,(H,21,23)/b11-6-. The van der Waals surface area contributed by atoms with Crippen molar-refractivity contribution in [2.24, 2.45) is 0 Å². The topological polar surface area (TPSA) is 55.4 Å². The number of hydrogen-bond acceptors (Lipinski definition) is 4. The molecule has 5 heteroatoms. The molecule has 2 rings (SSSR count). The molecule has 0 saturated heterocycles. The molecule has 0 fully saturated rings. The fourth-order valence-electron chi connectivity index (χ4n) is 2.12. The van der Waals surface area contributed by atoms with Crippen molar-refractivity contribution in [3.8, 4) is 5.75 Å². The second-order valence-corrected chi connectivity index (χ2v) is 5.88. The van der Waals surface area contributed by atoms with Gasteiger partial charge in [-0.05, 0) is 48.9 Å². The normalized spacial score (nSPS) is 10.6. The lowest BCUT2D eigenvalue weighted by atomic mass is 10.1. The number of carbonyl (C=O) groups excluding carboxylic acids is 1. The molecule has 0 heterocycles. The second kappa shape index (κ2) is 8.45. The Bertz CT molecular complexity index is 814. The zero-order chi connectivity index (χ0) is 17.5. The minimum atomic E-state index is -0.345. The van der Waals surface area contributed by atoms with Gasteiger partial charge in [-0.25, -0.2) is 0 Å². The lowest BCUT2D eigenvalue weighted by Gasteiger charge is -2.02. The van der Waals surface area contributed by atoms with E-state index in [1.165, 1.54) is 12.1 Å². The van der Waals surface area contributed by atoms with Gasteiger partial charge in [0.15, 0.2) is 5.78 Å². The molecule has 0 unspecified atom stereocenters. The summed E-state index contributed by atoms with van der Waals surface area (Å²) < 4.78 is 6.04. The third-order valence-electron chi connectivity index (χ3n) is 3.33. The molecule has 0 spiro atoms. The Kier molecular flexibility index (Phi) is 6.32. The van der Waals surface area contributed by atoms with Crippen molar-refractivity contribution >= 4 is 33.5 Å². The van der Waals surface area contributed by atoms with Crippen LogP contribution in [0.5, 0.6) is 5.75 Å². The Morgan fingerprint density at radius 3 is 2.54 bits per heavy atom. The summed E-state index contributed by atoms with van der Waals surface area (Å²) in [6.07, 6.45) is 3.08. The van der Waals surface area contributed by atoms with Crippen LogP contribution in [0.1, 0.15) is 22.8 Å². The maximum atomic E-state index is 12.4. The van der Waals surface area contributed by atoms with Crippen LogP contribution in [0.2, 0.25) is 0 Å². The molecule has 0 aliphatic heterocycles. The molecular formula is C19H18BrNO3. The van der Waals surface area contributed by atoms with Gasteiger partial charge in [-0.3, -0.25) is 9.59 Å². The fourth-order valence-corrected chi connectivity index (χ4v) is 2.48. The molecular weight excluding hydrogens is 370 g/mol. The highest BCUT2D eigenvalue weighted by molar-refractivity contribution is 9.10. The summed E-state index contributed by atoms with van der Waals surface area (Å²) in [4.78, 5) is 24.8.